The average Bonchev–Trinajstić information content (AvgIpc) is 2.51. The van der Waals surface area contributed by atoms with Crippen LogP contribution in [0.5, 0.6) is 0 Å². The average molecular weight is 303 g/mol. The zero-order chi connectivity index (χ0) is 16.3. The molecule has 0 fully saturated rings. The number of aromatic carboxylic acids is 1. The number of aromatic nitrogens is 2. The Morgan fingerprint density at radius 1 is 1.36 bits per heavy atom. The van der Waals surface area contributed by atoms with Gasteiger partial charge in [-0.1, -0.05) is 13.3 Å². The van der Waals surface area contributed by atoms with Crippen LogP contribution in [0.1, 0.15) is 37.0 Å². The number of carboxylic acid groups (broad SMARTS) is 1. The van der Waals surface area contributed by atoms with Gasteiger partial charge in [-0.05, 0) is 31.5 Å². The first-order chi connectivity index (χ1) is 10.5. The first-order valence-electron chi connectivity index (χ1n) is 7.48. The maximum Gasteiger partial charge on any atom is 0.335 e. The van der Waals surface area contributed by atoms with Crippen molar-refractivity contribution in [3.05, 3.63) is 34.1 Å². The molecule has 1 aromatic heterocycles. The first kappa shape index (κ1) is 16.0. The molecule has 0 amide bonds. The predicted octanol–water partition coefficient (Wildman–Crippen LogP) is 2.26. The number of hydrogen-bond acceptors (Lipinski definition) is 4. The van der Waals surface area contributed by atoms with Gasteiger partial charge < -0.3 is 10.0 Å². The quantitative estimate of drug-likeness (QED) is 0.886. The molecular weight excluding hydrogens is 282 g/mol. The van der Waals surface area contributed by atoms with E-state index in [9.17, 15) is 9.59 Å². The second-order valence-corrected chi connectivity index (χ2v) is 5.25. The fourth-order valence-corrected chi connectivity index (χ4v) is 2.42. The molecule has 0 unspecified atom stereocenters. The van der Waals surface area contributed by atoms with Gasteiger partial charge >= 0.3 is 5.97 Å². The minimum absolute atomic E-state index is 0.135. The van der Waals surface area contributed by atoms with E-state index < -0.39 is 5.97 Å². The number of nitrogens with zero attached hydrogens (tertiary/aromatic N) is 3. The fourth-order valence-electron chi connectivity index (χ4n) is 2.42. The second-order valence-electron chi connectivity index (χ2n) is 5.25. The number of carbonyl (C=O) groups is 1. The topological polar surface area (TPSA) is 75.4 Å². The molecule has 0 saturated heterocycles. The Kier molecular flexibility index (Phi) is 4.80. The zero-order valence-corrected chi connectivity index (χ0v) is 13.2. The summed E-state index contributed by atoms with van der Waals surface area (Å²) in [6.45, 7) is 5.68. The third kappa shape index (κ3) is 2.95. The number of fused-ring (bicyclic) bond motifs is 1. The fraction of sp³-hybridized carbons (Fsp3) is 0.438. The molecule has 1 N–H and O–H groups in total. The number of hydrogen-bond donors (Lipinski definition) is 1. The minimum Gasteiger partial charge on any atom is -0.478 e. The Balaban J connectivity index is 2.61. The van der Waals surface area contributed by atoms with Crippen molar-refractivity contribution < 1.29 is 9.90 Å². The van der Waals surface area contributed by atoms with E-state index in [1.54, 1.807) is 7.05 Å². The number of anilines is 1. The molecule has 118 valence electrons. The summed E-state index contributed by atoms with van der Waals surface area (Å²) in [6, 6.07) is 4.42. The highest BCUT2D eigenvalue weighted by Crippen LogP contribution is 2.16. The highest BCUT2D eigenvalue weighted by molar-refractivity contribution is 5.93. The van der Waals surface area contributed by atoms with Crippen LogP contribution in [0.3, 0.4) is 0 Å². The maximum atomic E-state index is 12.5. The molecule has 22 heavy (non-hydrogen) atoms. The van der Waals surface area contributed by atoms with Crippen LogP contribution in [0, 0.1) is 0 Å². The molecule has 0 saturated carbocycles. The molecule has 0 bridgehead atoms. The van der Waals surface area contributed by atoms with Crippen LogP contribution >= 0.6 is 0 Å². The molecule has 1 aromatic carbocycles. The van der Waals surface area contributed by atoms with Gasteiger partial charge in [0.1, 0.15) is 0 Å². The molecule has 0 aliphatic carbocycles. The number of benzene rings is 1. The summed E-state index contributed by atoms with van der Waals surface area (Å²) in [7, 11) is 1.70. The van der Waals surface area contributed by atoms with Gasteiger partial charge in [0.05, 0.1) is 16.5 Å². The zero-order valence-electron chi connectivity index (χ0n) is 13.2. The molecule has 0 radical (unpaired) electrons. The van der Waals surface area contributed by atoms with Gasteiger partial charge in [0.15, 0.2) is 0 Å². The van der Waals surface area contributed by atoms with E-state index in [0.717, 1.165) is 25.9 Å². The second kappa shape index (κ2) is 6.60. The van der Waals surface area contributed by atoms with Crippen molar-refractivity contribution >= 4 is 22.8 Å². The molecule has 0 atom stereocenters. The molecule has 6 heteroatoms. The molecular formula is C16H21N3O3. The molecule has 6 nitrogen and oxygen atoms in total. The normalized spacial score (nSPS) is 10.9. The van der Waals surface area contributed by atoms with Gasteiger partial charge in [-0.15, -0.1) is 0 Å². The van der Waals surface area contributed by atoms with Crippen LogP contribution in [0.4, 0.5) is 5.95 Å². The SMILES string of the molecule is CCCCN(CC)c1nc2cc(C(=O)O)ccc2c(=O)n1C. The Hall–Kier alpha value is -2.37. The Labute approximate surface area is 129 Å². The lowest BCUT2D eigenvalue weighted by molar-refractivity contribution is 0.0697. The van der Waals surface area contributed by atoms with Crippen molar-refractivity contribution in [3.63, 3.8) is 0 Å². The summed E-state index contributed by atoms with van der Waals surface area (Å²) in [6.07, 6.45) is 2.07. The molecule has 0 aliphatic heterocycles. The van der Waals surface area contributed by atoms with Crippen LogP contribution in [0.15, 0.2) is 23.0 Å². The smallest absolute Gasteiger partial charge is 0.335 e. The van der Waals surface area contributed by atoms with E-state index in [4.69, 9.17) is 5.11 Å². The number of carboxylic acids is 1. The lowest BCUT2D eigenvalue weighted by Crippen LogP contribution is -2.32. The third-order valence-electron chi connectivity index (χ3n) is 3.75. The van der Waals surface area contributed by atoms with E-state index >= 15 is 0 Å². The Bertz CT molecular complexity index is 752. The highest BCUT2D eigenvalue weighted by Gasteiger charge is 2.14. The van der Waals surface area contributed by atoms with Gasteiger partial charge in [0.25, 0.3) is 5.56 Å². The third-order valence-corrected chi connectivity index (χ3v) is 3.75. The van der Waals surface area contributed by atoms with Gasteiger partial charge in [-0.2, -0.15) is 0 Å². The van der Waals surface area contributed by atoms with Crippen LogP contribution in [0.25, 0.3) is 10.9 Å². The predicted molar refractivity (Wildman–Crippen MR) is 86.7 cm³/mol. The number of unbranched alkanes of at least 4 members (excludes halogenated alkanes) is 1. The van der Waals surface area contributed by atoms with Gasteiger partial charge in [-0.25, -0.2) is 9.78 Å². The summed E-state index contributed by atoms with van der Waals surface area (Å²) in [4.78, 5) is 30.1. The summed E-state index contributed by atoms with van der Waals surface area (Å²) >= 11 is 0. The number of rotatable bonds is 6. The van der Waals surface area contributed by atoms with E-state index in [0.29, 0.717) is 16.9 Å². The van der Waals surface area contributed by atoms with Crippen LogP contribution in [-0.4, -0.2) is 33.7 Å². The van der Waals surface area contributed by atoms with Crippen molar-refractivity contribution in [2.75, 3.05) is 18.0 Å². The summed E-state index contributed by atoms with van der Waals surface area (Å²) in [5, 5.41) is 9.52. The summed E-state index contributed by atoms with van der Waals surface area (Å²) in [5.41, 5.74) is 0.399. The lowest BCUT2D eigenvalue weighted by Gasteiger charge is -2.24. The largest absolute Gasteiger partial charge is 0.478 e. The standard InChI is InChI=1S/C16H21N3O3/c1-4-6-9-19(5-2)16-17-13-10-11(15(21)22)7-8-12(13)14(20)18(16)3/h7-8,10H,4-6,9H2,1-3H3,(H,21,22). The highest BCUT2D eigenvalue weighted by atomic mass is 16.4. The van der Waals surface area contributed by atoms with E-state index in [1.807, 2.05) is 11.8 Å². The maximum absolute atomic E-state index is 12.5. The van der Waals surface area contributed by atoms with Gasteiger partial charge in [0.2, 0.25) is 5.95 Å². The van der Waals surface area contributed by atoms with Crippen molar-refractivity contribution in [2.45, 2.75) is 26.7 Å². The van der Waals surface area contributed by atoms with Crippen molar-refractivity contribution in [3.8, 4) is 0 Å². The summed E-state index contributed by atoms with van der Waals surface area (Å²) < 4.78 is 1.53. The van der Waals surface area contributed by atoms with Crippen LogP contribution in [-0.2, 0) is 7.05 Å². The Morgan fingerprint density at radius 2 is 2.09 bits per heavy atom. The van der Waals surface area contributed by atoms with E-state index in [1.165, 1.54) is 22.8 Å². The molecule has 1 heterocycles. The molecule has 2 aromatic rings. The van der Waals surface area contributed by atoms with Crippen molar-refractivity contribution in [2.24, 2.45) is 7.05 Å². The van der Waals surface area contributed by atoms with Crippen LogP contribution in [0.2, 0.25) is 0 Å². The summed E-state index contributed by atoms with van der Waals surface area (Å²) in [5.74, 6) is -0.444. The molecule has 0 aliphatic rings. The van der Waals surface area contributed by atoms with Gasteiger partial charge in [0, 0.05) is 20.1 Å². The van der Waals surface area contributed by atoms with Gasteiger partial charge in [-0.3, -0.25) is 9.36 Å². The van der Waals surface area contributed by atoms with E-state index in [-0.39, 0.29) is 11.1 Å². The molecule has 2 rings (SSSR count). The lowest BCUT2D eigenvalue weighted by atomic mass is 10.1. The minimum atomic E-state index is -1.02. The molecule has 0 spiro atoms. The van der Waals surface area contributed by atoms with E-state index in [2.05, 4.69) is 11.9 Å². The Morgan fingerprint density at radius 3 is 2.68 bits per heavy atom. The van der Waals surface area contributed by atoms with Crippen molar-refractivity contribution in [1.29, 1.82) is 0 Å². The van der Waals surface area contributed by atoms with Crippen LogP contribution < -0.4 is 10.5 Å². The van der Waals surface area contributed by atoms with Crippen molar-refractivity contribution in [1.82, 2.24) is 9.55 Å². The first-order valence-corrected chi connectivity index (χ1v) is 7.48. The monoisotopic (exact) mass is 303 g/mol.